The summed E-state index contributed by atoms with van der Waals surface area (Å²) in [6, 6.07) is 7.08. The molecule has 3 rings (SSSR count). The first-order valence-corrected chi connectivity index (χ1v) is 7.58. The molecule has 0 N–H and O–H groups in total. The molecule has 2 aliphatic rings. The second-order valence-electron chi connectivity index (χ2n) is 6.60. The molecule has 1 fully saturated rings. The van der Waals surface area contributed by atoms with E-state index in [4.69, 9.17) is 0 Å². The number of nitrogens with zero attached hydrogens (tertiary/aromatic N) is 2. The minimum atomic E-state index is 0.155. The molecular weight excluding hydrogens is 248 g/mol. The van der Waals surface area contributed by atoms with Gasteiger partial charge in [-0.15, -0.1) is 0 Å². The molecule has 1 aromatic rings. The summed E-state index contributed by atoms with van der Waals surface area (Å²) in [7, 11) is 3.67. The van der Waals surface area contributed by atoms with E-state index in [1.165, 1.54) is 24.0 Å². The first-order chi connectivity index (χ1) is 9.52. The lowest BCUT2D eigenvalue weighted by Crippen LogP contribution is -2.47. The number of carbonyl (C=O) groups is 1. The van der Waals surface area contributed by atoms with Crippen molar-refractivity contribution >= 4 is 6.03 Å². The fourth-order valence-corrected chi connectivity index (χ4v) is 3.88. The van der Waals surface area contributed by atoms with E-state index in [-0.39, 0.29) is 6.03 Å². The molecule has 0 unspecified atom stereocenters. The Bertz CT molecular complexity index is 528. The molecule has 1 heterocycles. The summed E-state index contributed by atoms with van der Waals surface area (Å²) in [6.45, 7) is 3.96. The Morgan fingerprint density at radius 3 is 2.55 bits per heavy atom. The van der Waals surface area contributed by atoms with E-state index < -0.39 is 0 Å². The van der Waals surface area contributed by atoms with E-state index in [2.05, 4.69) is 25.1 Å². The van der Waals surface area contributed by atoms with Gasteiger partial charge in [-0.05, 0) is 49.1 Å². The number of likely N-dealkylation sites (tertiary alicyclic amines) is 1. The lowest BCUT2D eigenvalue weighted by molar-refractivity contribution is 0.137. The van der Waals surface area contributed by atoms with E-state index in [0.29, 0.717) is 5.41 Å². The van der Waals surface area contributed by atoms with Gasteiger partial charge in [0.25, 0.3) is 0 Å². The van der Waals surface area contributed by atoms with Gasteiger partial charge in [0.2, 0.25) is 0 Å². The quantitative estimate of drug-likeness (QED) is 0.712. The minimum Gasteiger partial charge on any atom is -0.331 e. The smallest absolute Gasteiger partial charge is 0.319 e. The number of hydrogen-bond donors (Lipinski definition) is 0. The first-order valence-electron chi connectivity index (χ1n) is 7.58. The standard InChI is InChI=1S/C17H24N2O/c1-13-4-5-15-14(12-13)6-7-17(15)8-10-19(11-9-17)16(20)18(2)3/h4-5,12H,6-11H2,1-3H3. The van der Waals surface area contributed by atoms with E-state index >= 15 is 0 Å². The Balaban J connectivity index is 1.78. The van der Waals surface area contributed by atoms with Gasteiger partial charge in [0.05, 0.1) is 0 Å². The molecule has 0 saturated carbocycles. The summed E-state index contributed by atoms with van der Waals surface area (Å²) in [5, 5.41) is 0. The van der Waals surface area contributed by atoms with Crippen LogP contribution in [-0.4, -0.2) is 43.0 Å². The van der Waals surface area contributed by atoms with Gasteiger partial charge < -0.3 is 9.80 Å². The molecule has 1 aliphatic carbocycles. The molecule has 3 heteroatoms. The number of aryl methyl sites for hydroxylation is 2. The molecule has 1 aliphatic heterocycles. The number of rotatable bonds is 0. The Kier molecular flexibility index (Phi) is 3.23. The van der Waals surface area contributed by atoms with Gasteiger partial charge >= 0.3 is 6.03 Å². The van der Waals surface area contributed by atoms with Crippen molar-refractivity contribution in [2.24, 2.45) is 0 Å². The maximum Gasteiger partial charge on any atom is 0.319 e. The molecule has 20 heavy (non-hydrogen) atoms. The third-order valence-corrected chi connectivity index (χ3v) is 5.08. The largest absolute Gasteiger partial charge is 0.331 e. The topological polar surface area (TPSA) is 23.6 Å². The number of carbonyl (C=O) groups excluding carboxylic acids is 1. The van der Waals surface area contributed by atoms with Crippen LogP contribution < -0.4 is 0 Å². The third kappa shape index (κ3) is 2.09. The number of hydrogen-bond acceptors (Lipinski definition) is 1. The molecule has 0 atom stereocenters. The SMILES string of the molecule is Cc1ccc2c(c1)CCC21CCN(C(=O)N(C)C)CC1. The van der Waals surface area contributed by atoms with Crippen LogP contribution in [0.5, 0.6) is 0 Å². The lowest BCUT2D eigenvalue weighted by atomic mass is 9.74. The van der Waals surface area contributed by atoms with Gasteiger partial charge in [0.15, 0.2) is 0 Å². The van der Waals surface area contributed by atoms with Crippen LogP contribution >= 0.6 is 0 Å². The molecule has 1 spiro atoms. The maximum atomic E-state index is 12.0. The minimum absolute atomic E-state index is 0.155. The van der Waals surface area contributed by atoms with E-state index in [0.717, 1.165) is 25.9 Å². The van der Waals surface area contributed by atoms with Gasteiger partial charge in [-0.25, -0.2) is 4.79 Å². The summed E-state index contributed by atoms with van der Waals surface area (Å²) >= 11 is 0. The summed E-state index contributed by atoms with van der Waals surface area (Å²) < 4.78 is 0. The van der Waals surface area contributed by atoms with Crippen LogP contribution in [0.15, 0.2) is 18.2 Å². The Morgan fingerprint density at radius 2 is 1.90 bits per heavy atom. The predicted molar refractivity (Wildman–Crippen MR) is 81.1 cm³/mol. The molecule has 3 nitrogen and oxygen atoms in total. The zero-order chi connectivity index (χ0) is 14.3. The summed E-state index contributed by atoms with van der Waals surface area (Å²) in [6.07, 6.45) is 4.69. The number of urea groups is 1. The highest BCUT2D eigenvalue weighted by molar-refractivity contribution is 5.74. The molecule has 1 aromatic carbocycles. The second-order valence-corrected chi connectivity index (χ2v) is 6.60. The van der Waals surface area contributed by atoms with Crippen molar-refractivity contribution in [1.82, 2.24) is 9.80 Å². The average molecular weight is 272 g/mol. The van der Waals surface area contributed by atoms with Crippen molar-refractivity contribution in [3.8, 4) is 0 Å². The van der Waals surface area contributed by atoms with E-state index in [1.807, 2.05) is 19.0 Å². The molecule has 0 bridgehead atoms. The van der Waals surface area contributed by atoms with Gasteiger partial charge in [-0.1, -0.05) is 23.8 Å². The highest BCUT2D eigenvalue weighted by Gasteiger charge is 2.41. The zero-order valence-corrected chi connectivity index (χ0v) is 12.8. The molecular formula is C17H24N2O. The normalized spacial score (nSPS) is 20.1. The van der Waals surface area contributed by atoms with Crippen LogP contribution in [0.4, 0.5) is 4.79 Å². The van der Waals surface area contributed by atoms with Crippen LogP contribution in [0.1, 0.15) is 36.0 Å². The average Bonchev–Trinajstić information content (AvgIpc) is 2.77. The van der Waals surface area contributed by atoms with E-state index in [9.17, 15) is 4.79 Å². The number of benzene rings is 1. The van der Waals surface area contributed by atoms with Crippen molar-refractivity contribution in [3.63, 3.8) is 0 Å². The van der Waals surface area contributed by atoms with Crippen molar-refractivity contribution in [2.45, 2.75) is 38.0 Å². The molecule has 1 saturated heterocycles. The Morgan fingerprint density at radius 1 is 1.20 bits per heavy atom. The van der Waals surface area contributed by atoms with Gasteiger partial charge in [0.1, 0.15) is 0 Å². The number of fused-ring (bicyclic) bond motifs is 2. The monoisotopic (exact) mass is 272 g/mol. The van der Waals surface area contributed by atoms with Crippen molar-refractivity contribution in [2.75, 3.05) is 27.2 Å². The second kappa shape index (κ2) is 4.80. The Labute approximate surface area is 121 Å². The molecule has 0 aromatic heterocycles. The van der Waals surface area contributed by atoms with Crippen molar-refractivity contribution < 1.29 is 4.79 Å². The lowest BCUT2D eigenvalue weighted by Gasteiger charge is -2.41. The fraction of sp³-hybridized carbons (Fsp3) is 0.588. The van der Waals surface area contributed by atoms with E-state index in [1.54, 1.807) is 10.5 Å². The maximum absolute atomic E-state index is 12.0. The van der Waals surface area contributed by atoms with Crippen molar-refractivity contribution in [3.05, 3.63) is 34.9 Å². The number of amides is 2. The van der Waals surface area contributed by atoms with Crippen LogP contribution in [-0.2, 0) is 11.8 Å². The van der Waals surface area contributed by atoms with Gasteiger partial charge in [-0.3, -0.25) is 0 Å². The molecule has 2 amide bonds. The van der Waals surface area contributed by atoms with Crippen LogP contribution in [0, 0.1) is 6.92 Å². The van der Waals surface area contributed by atoms with Gasteiger partial charge in [-0.2, -0.15) is 0 Å². The third-order valence-electron chi connectivity index (χ3n) is 5.08. The van der Waals surface area contributed by atoms with Crippen LogP contribution in [0.3, 0.4) is 0 Å². The van der Waals surface area contributed by atoms with Gasteiger partial charge in [0, 0.05) is 27.2 Å². The predicted octanol–water partition coefficient (Wildman–Crippen LogP) is 2.96. The molecule has 108 valence electrons. The highest BCUT2D eigenvalue weighted by atomic mass is 16.2. The summed E-state index contributed by atoms with van der Waals surface area (Å²) in [5.41, 5.74) is 4.80. The fourth-order valence-electron chi connectivity index (χ4n) is 3.88. The summed E-state index contributed by atoms with van der Waals surface area (Å²) in [5.74, 6) is 0. The van der Waals surface area contributed by atoms with Crippen LogP contribution in [0.2, 0.25) is 0 Å². The van der Waals surface area contributed by atoms with Crippen LogP contribution in [0.25, 0.3) is 0 Å². The number of piperidine rings is 1. The zero-order valence-electron chi connectivity index (χ0n) is 12.8. The first kappa shape index (κ1) is 13.5. The van der Waals surface area contributed by atoms with Crippen molar-refractivity contribution in [1.29, 1.82) is 0 Å². The molecule has 0 radical (unpaired) electrons. The summed E-state index contributed by atoms with van der Waals surface area (Å²) in [4.78, 5) is 15.7. The Hall–Kier alpha value is -1.51. The highest BCUT2D eigenvalue weighted by Crippen LogP contribution is 2.46.